The predicted molar refractivity (Wildman–Crippen MR) is 84.5 cm³/mol. The lowest BCUT2D eigenvalue weighted by Gasteiger charge is -2.36. The summed E-state index contributed by atoms with van der Waals surface area (Å²) in [6, 6.07) is 1.90. The predicted octanol–water partition coefficient (Wildman–Crippen LogP) is 1.61. The Morgan fingerprint density at radius 3 is 2.96 bits per heavy atom. The van der Waals surface area contributed by atoms with Crippen molar-refractivity contribution >= 4 is 5.91 Å². The second-order valence-electron chi connectivity index (χ2n) is 6.47. The molecule has 2 atom stereocenters. The Hall–Kier alpha value is -2.12. The number of carbonyl (C=O) groups excluding carboxylic acids is 1. The number of hydrogen-bond donors (Lipinski definition) is 0. The van der Waals surface area contributed by atoms with Gasteiger partial charge >= 0.3 is 0 Å². The van der Waals surface area contributed by atoms with Crippen LogP contribution in [0.3, 0.4) is 0 Å². The minimum atomic E-state index is -0.000890. The van der Waals surface area contributed by atoms with Crippen molar-refractivity contribution in [1.82, 2.24) is 15.0 Å². The number of amides is 1. The van der Waals surface area contributed by atoms with Crippen LogP contribution in [0, 0.1) is 13.8 Å². The molecule has 24 heavy (non-hydrogen) atoms. The highest BCUT2D eigenvalue weighted by molar-refractivity contribution is 5.94. The van der Waals surface area contributed by atoms with Crippen molar-refractivity contribution in [3.8, 4) is 0 Å². The highest BCUT2D eigenvalue weighted by Crippen LogP contribution is 2.27. The van der Waals surface area contributed by atoms with E-state index < -0.39 is 0 Å². The van der Waals surface area contributed by atoms with E-state index in [9.17, 15) is 4.79 Å². The minimum absolute atomic E-state index is 0.000890. The molecule has 0 aromatic carbocycles. The van der Waals surface area contributed by atoms with Gasteiger partial charge in [-0.2, -0.15) is 0 Å². The molecule has 4 rings (SSSR count). The van der Waals surface area contributed by atoms with Gasteiger partial charge in [0, 0.05) is 31.7 Å². The van der Waals surface area contributed by atoms with E-state index in [-0.39, 0.29) is 18.1 Å². The molecule has 2 aromatic heterocycles. The van der Waals surface area contributed by atoms with Crippen LogP contribution < -0.4 is 0 Å². The smallest absolute Gasteiger partial charge is 0.257 e. The summed E-state index contributed by atoms with van der Waals surface area (Å²) in [4.78, 5) is 16.8. The van der Waals surface area contributed by atoms with Crippen molar-refractivity contribution in [3.63, 3.8) is 0 Å². The fourth-order valence-electron chi connectivity index (χ4n) is 3.62. The molecular weight excluding hydrogens is 310 g/mol. The molecule has 0 unspecified atom stereocenters. The van der Waals surface area contributed by atoms with Crippen molar-refractivity contribution in [2.45, 2.75) is 32.5 Å². The van der Waals surface area contributed by atoms with E-state index in [4.69, 9.17) is 13.7 Å². The van der Waals surface area contributed by atoms with Gasteiger partial charge in [-0.15, -0.1) is 0 Å². The zero-order valence-electron chi connectivity index (χ0n) is 13.9. The molecule has 0 saturated carbocycles. The Morgan fingerprint density at radius 1 is 1.38 bits per heavy atom. The van der Waals surface area contributed by atoms with Crippen LogP contribution in [-0.2, 0) is 11.3 Å². The zero-order valence-corrected chi connectivity index (χ0v) is 13.9. The summed E-state index contributed by atoms with van der Waals surface area (Å²) in [5.41, 5.74) is 2.65. The fourth-order valence-corrected chi connectivity index (χ4v) is 3.62. The fraction of sp³-hybridized carbons (Fsp3) is 0.529. The van der Waals surface area contributed by atoms with Crippen molar-refractivity contribution in [1.29, 1.82) is 0 Å². The molecule has 7 heteroatoms. The molecule has 2 saturated heterocycles. The SMILES string of the molecule is Cc1noc(C)c1CN1CCO[C@H]2CN(C(=O)c3ccoc3)C[C@H]21. The molecule has 0 aliphatic carbocycles. The largest absolute Gasteiger partial charge is 0.472 e. The molecule has 4 heterocycles. The van der Waals surface area contributed by atoms with E-state index in [1.807, 2.05) is 18.7 Å². The van der Waals surface area contributed by atoms with Crippen LogP contribution in [0.25, 0.3) is 0 Å². The van der Waals surface area contributed by atoms with Gasteiger partial charge in [-0.05, 0) is 19.9 Å². The van der Waals surface area contributed by atoms with Gasteiger partial charge in [-0.25, -0.2) is 0 Å². The number of rotatable bonds is 3. The summed E-state index contributed by atoms with van der Waals surface area (Å²) >= 11 is 0. The summed E-state index contributed by atoms with van der Waals surface area (Å²) in [6.45, 7) is 7.49. The number of likely N-dealkylation sites (tertiary alicyclic amines) is 1. The first-order valence-corrected chi connectivity index (χ1v) is 8.22. The maximum atomic E-state index is 12.6. The third kappa shape index (κ3) is 2.63. The Morgan fingerprint density at radius 2 is 2.25 bits per heavy atom. The molecule has 0 bridgehead atoms. The highest BCUT2D eigenvalue weighted by Gasteiger charge is 2.42. The van der Waals surface area contributed by atoms with E-state index >= 15 is 0 Å². The Labute approximate surface area is 140 Å². The molecule has 2 aliphatic heterocycles. The second kappa shape index (κ2) is 6.07. The first kappa shape index (κ1) is 15.4. The van der Waals surface area contributed by atoms with Crippen LogP contribution in [0.15, 0.2) is 27.5 Å². The van der Waals surface area contributed by atoms with Crippen molar-refractivity contribution in [2.24, 2.45) is 0 Å². The van der Waals surface area contributed by atoms with Crippen molar-refractivity contribution in [3.05, 3.63) is 41.2 Å². The summed E-state index contributed by atoms with van der Waals surface area (Å²) < 4.78 is 16.2. The number of ether oxygens (including phenoxy) is 1. The Kier molecular flexibility index (Phi) is 3.90. The van der Waals surface area contributed by atoms with E-state index in [1.165, 1.54) is 12.5 Å². The molecular formula is C17H21N3O4. The Balaban J connectivity index is 1.50. The maximum Gasteiger partial charge on any atom is 0.257 e. The molecule has 128 valence electrons. The van der Waals surface area contributed by atoms with Gasteiger partial charge in [0.05, 0.1) is 36.3 Å². The van der Waals surface area contributed by atoms with Crippen LogP contribution >= 0.6 is 0 Å². The quantitative estimate of drug-likeness (QED) is 0.851. The third-order valence-electron chi connectivity index (χ3n) is 5.01. The van der Waals surface area contributed by atoms with E-state index in [1.54, 1.807) is 6.07 Å². The van der Waals surface area contributed by atoms with Crippen LogP contribution in [-0.4, -0.2) is 59.3 Å². The number of furan rings is 1. The lowest BCUT2D eigenvalue weighted by Crippen LogP contribution is -2.50. The summed E-state index contributed by atoms with van der Waals surface area (Å²) in [5, 5.41) is 4.04. The average Bonchev–Trinajstić information content (AvgIpc) is 3.30. The monoisotopic (exact) mass is 331 g/mol. The first-order valence-electron chi connectivity index (χ1n) is 8.22. The van der Waals surface area contributed by atoms with Gasteiger partial charge in [0.2, 0.25) is 0 Å². The molecule has 0 radical (unpaired) electrons. The topological polar surface area (TPSA) is 72.0 Å². The number of hydrogen-bond acceptors (Lipinski definition) is 6. The molecule has 2 fully saturated rings. The van der Waals surface area contributed by atoms with Gasteiger partial charge in [0.15, 0.2) is 0 Å². The van der Waals surface area contributed by atoms with Crippen molar-refractivity contribution in [2.75, 3.05) is 26.2 Å². The normalized spacial score (nSPS) is 24.3. The summed E-state index contributed by atoms with van der Waals surface area (Å²) in [5.74, 6) is 0.860. The minimum Gasteiger partial charge on any atom is -0.472 e. The third-order valence-corrected chi connectivity index (χ3v) is 5.01. The number of carbonyl (C=O) groups is 1. The number of fused-ring (bicyclic) bond motifs is 1. The maximum absolute atomic E-state index is 12.6. The van der Waals surface area contributed by atoms with Crippen LogP contribution in [0.5, 0.6) is 0 Å². The number of aryl methyl sites for hydroxylation is 2. The summed E-state index contributed by atoms with van der Waals surface area (Å²) in [6.07, 6.45) is 3.07. The van der Waals surface area contributed by atoms with Crippen molar-refractivity contribution < 1.29 is 18.5 Å². The van der Waals surface area contributed by atoms with Crippen LogP contribution in [0.2, 0.25) is 0 Å². The molecule has 0 N–H and O–H groups in total. The highest BCUT2D eigenvalue weighted by atomic mass is 16.5. The number of nitrogens with zero attached hydrogens (tertiary/aromatic N) is 3. The number of aromatic nitrogens is 1. The molecule has 2 aromatic rings. The average molecular weight is 331 g/mol. The van der Waals surface area contributed by atoms with Gasteiger partial charge < -0.3 is 18.6 Å². The standard InChI is InChI=1S/C17H21N3O4/c1-11-14(12(2)24-18-11)7-19-4-6-23-16-9-20(8-15(16)19)17(21)13-3-5-22-10-13/h3,5,10,15-16H,4,6-9H2,1-2H3/t15-,16+/m1/s1. The molecule has 0 spiro atoms. The van der Waals surface area contributed by atoms with E-state index in [0.717, 1.165) is 30.1 Å². The number of morpholine rings is 1. The molecule has 2 aliphatic rings. The molecule has 1 amide bonds. The van der Waals surface area contributed by atoms with Crippen LogP contribution in [0.4, 0.5) is 0 Å². The Bertz CT molecular complexity index is 705. The summed E-state index contributed by atoms with van der Waals surface area (Å²) in [7, 11) is 0. The van der Waals surface area contributed by atoms with E-state index in [0.29, 0.717) is 25.3 Å². The van der Waals surface area contributed by atoms with Gasteiger partial charge in [-0.1, -0.05) is 5.16 Å². The van der Waals surface area contributed by atoms with Gasteiger partial charge in [-0.3, -0.25) is 9.69 Å². The van der Waals surface area contributed by atoms with E-state index in [2.05, 4.69) is 10.1 Å². The van der Waals surface area contributed by atoms with Gasteiger partial charge in [0.25, 0.3) is 5.91 Å². The lowest BCUT2D eigenvalue weighted by atomic mass is 10.1. The molecule has 7 nitrogen and oxygen atoms in total. The second-order valence-corrected chi connectivity index (χ2v) is 6.47. The first-order chi connectivity index (χ1) is 11.6. The van der Waals surface area contributed by atoms with Crippen LogP contribution in [0.1, 0.15) is 27.4 Å². The lowest BCUT2D eigenvalue weighted by molar-refractivity contribution is -0.0505. The van der Waals surface area contributed by atoms with Gasteiger partial charge in [0.1, 0.15) is 12.0 Å². The zero-order chi connectivity index (χ0) is 16.7.